The maximum Gasteiger partial charge on any atom is 0.303 e. The van der Waals surface area contributed by atoms with E-state index in [0.717, 1.165) is 6.92 Å². The van der Waals surface area contributed by atoms with Gasteiger partial charge in [0.15, 0.2) is 11.6 Å². The number of carbonyl (C=O) groups is 12. The molecular weight excluding hydrogens is 796 g/mol. The van der Waals surface area contributed by atoms with E-state index in [0.29, 0.717) is 12.8 Å². The standard InChI is InChI=1S/C37H56N8O15/c1-18(14-27(48)23(16-29(38)50)40-20(3)47)33(56)43-24(17-46)28(49)15-19(2)36(59)45-13-5-7-26(45)37(60)44-12-4-6-25(44)35(58)42-22(9-11-31(53)54)34(57)41-21(32(39)55)8-10-30(51)52/h18-19,21-26,46H,4-17H2,1-3H3,(H2,38,50)(H2,39,55)(H,40,47)(H,41,57)(H,42,58)(H,43,56)(H,51,52)(H,53,54)/t18-,19-,21+,22?,23+,24+,25+,26+/m1/s1. The highest BCUT2D eigenvalue weighted by atomic mass is 16.4. The number of aliphatic carboxylic acids is 2. The van der Waals surface area contributed by atoms with Crippen molar-refractivity contribution in [2.24, 2.45) is 23.3 Å². The van der Waals surface area contributed by atoms with Gasteiger partial charge in [0.1, 0.15) is 30.2 Å². The molecule has 0 spiro atoms. The molecule has 2 aliphatic heterocycles. The summed E-state index contributed by atoms with van der Waals surface area (Å²) in [6.07, 6.45) is -2.13. The lowest BCUT2D eigenvalue weighted by Gasteiger charge is -2.33. The monoisotopic (exact) mass is 852 g/mol. The van der Waals surface area contributed by atoms with E-state index in [1.165, 1.54) is 23.6 Å². The lowest BCUT2D eigenvalue weighted by molar-refractivity contribution is -0.149. The fourth-order valence-electron chi connectivity index (χ4n) is 7.00. The summed E-state index contributed by atoms with van der Waals surface area (Å²) >= 11 is 0. The first-order valence-electron chi connectivity index (χ1n) is 19.5. The molecule has 2 fully saturated rings. The summed E-state index contributed by atoms with van der Waals surface area (Å²) in [6.45, 7) is 3.31. The molecule has 8 amide bonds. The molecule has 0 aliphatic carbocycles. The SMILES string of the molecule is CC(=O)N[C@@H](CC(N)=O)C(=O)C[C@@H](C)C(=O)N[C@@H](CO)C(=O)C[C@@H](C)C(=O)N1CCC[C@H]1C(=O)N1CCC[C@H]1C(=O)NC(CCC(=O)O)C(=O)N[C@@H](CCC(=O)O)C(N)=O. The Morgan fingerprint density at radius 3 is 1.68 bits per heavy atom. The maximum atomic E-state index is 13.9. The molecule has 0 aromatic carbocycles. The zero-order valence-electron chi connectivity index (χ0n) is 33.8. The Hall–Kier alpha value is -6.00. The number of carbonyl (C=O) groups excluding carboxylic acids is 10. The van der Waals surface area contributed by atoms with E-state index in [9.17, 15) is 67.7 Å². The molecule has 23 heteroatoms. The molecule has 0 saturated carbocycles. The number of nitrogens with zero attached hydrogens (tertiary/aromatic N) is 2. The molecule has 0 aromatic rings. The molecule has 2 saturated heterocycles. The topological polar surface area (TPSA) is 372 Å². The van der Waals surface area contributed by atoms with Crippen LogP contribution in [-0.4, -0.2) is 152 Å². The third kappa shape index (κ3) is 15.3. The molecule has 334 valence electrons. The van der Waals surface area contributed by atoms with Gasteiger partial charge in [-0.25, -0.2) is 0 Å². The highest BCUT2D eigenvalue weighted by Crippen LogP contribution is 2.27. The van der Waals surface area contributed by atoms with Gasteiger partial charge in [0, 0.05) is 57.5 Å². The maximum absolute atomic E-state index is 13.9. The van der Waals surface area contributed by atoms with Crippen LogP contribution in [0.15, 0.2) is 0 Å². The van der Waals surface area contributed by atoms with Gasteiger partial charge in [-0.15, -0.1) is 0 Å². The molecule has 60 heavy (non-hydrogen) atoms. The number of hydrogen-bond donors (Lipinski definition) is 9. The van der Waals surface area contributed by atoms with Crippen molar-refractivity contribution in [3.8, 4) is 0 Å². The molecule has 0 bridgehead atoms. The lowest BCUT2D eigenvalue weighted by Crippen LogP contribution is -2.57. The van der Waals surface area contributed by atoms with E-state index in [-0.39, 0.29) is 32.4 Å². The summed E-state index contributed by atoms with van der Waals surface area (Å²) in [5.74, 6) is -12.3. The summed E-state index contributed by atoms with van der Waals surface area (Å²) in [5.41, 5.74) is 10.5. The third-order valence-corrected chi connectivity index (χ3v) is 10.2. The van der Waals surface area contributed by atoms with Crippen LogP contribution in [0.3, 0.4) is 0 Å². The first-order valence-corrected chi connectivity index (χ1v) is 19.5. The average Bonchev–Trinajstić information content (AvgIpc) is 3.86. The second kappa shape index (κ2) is 23.6. The number of nitrogens with one attached hydrogen (secondary N) is 4. The van der Waals surface area contributed by atoms with Gasteiger partial charge in [0.05, 0.1) is 19.1 Å². The van der Waals surface area contributed by atoms with Crippen LogP contribution in [0.2, 0.25) is 0 Å². The van der Waals surface area contributed by atoms with Gasteiger partial charge in [-0.1, -0.05) is 13.8 Å². The summed E-state index contributed by atoms with van der Waals surface area (Å²) in [5, 5.41) is 37.5. The summed E-state index contributed by atoms with van der Waals surface area (Å²) in [6, 6.07) is -7.82. The molecule has 23 nitrogen and oxygen atoms in total. The van der Waals surface area contributed by atoms with Gasteiger partial charge in [0.2, 0.25) is 47.3 Å². The van der Waals surface area contributed by atoms with Crippen LogP contribution in [-0.2, 0) is 57.5 Å². The quantitative estimate of drug-likeness (QED) is 0.0425. The molecule has 2 heterocycles. The molecule has 11 N–H and O–H groups in total. The number of primary amides is 2. The van der Waals surface area contributed by atoms with Crippen LogP contribution in [0.5, 0.6) is 0 Å². The van der Waals surface area contributed by atoms with E-state index in [4.69, 9.17) is 16.6 Å². The van der Waals surface area contributed by atoms with E-state index >= 15 is 0 Å². The van der Waals surface area contributed by atoms with Gasteiger partial charge >= 0.3 is 11.9 Å². The summed E-state index contributed by atoms with van der Waals surface area (Å²) in [7, 11) is 0. The van der Waals surface area contributed by atoms with Crippen LogP contribution in [0.1, 0.15) is 91.4 Å². The van der Waals surface area contributed by atoms with Crippen molar-refractivity contribution in [1.82, 2.24) is 31.1 Å². The molecular formula is C37H56N8O15. The minimum Gasteiger partial charge on any atom is -0.481 e. The largest absolute Gasteiger partial charge is 0.481 e. The fraction of sp³-hybridized carbons (Fsp3) is 0.676. The van der Waals surface area contributed by atoms with Crippen molar-refractivity contribution >= 4 is 70.8 Å². The predicted molar refractivity (Wildman–Crippen MR) is 204 cm³/mol. The Labute approximate surface area is 345 Å². The van der Waals surface area contributed by atoms with Crippen LogP contribution in [0, 0.1) is 11.8 Å². The lowest BCUT2D eigenvalue weighted by atomic mass is 9.95. The van der Waals surface area contributed by atoms with Gasteiger partial charge in [-0.2, -0.15) is 0 Å². The molecule has 1 unspecified atom stereocenters. The van der Waals surface area contributed by atoms with Crippen molar-refractivity contribution in [3.05, 3.63) is 0 Å². The van der Waals surface area contributed by atoms with Crippen molar-refractivity contribution < 1.29 is 72.9 Å². The number of carboxylic acid groups (broad SMARTS) is 2. The number of aliphatic hydroxyl groups is 1. The average molecular weight is 853 g/mol. The van der Waals surface area contributed by atoms with Crippen LogP contribution < -0.4 is 32.7 Å². The molecule has 8 atom stereocenters. The Morgan fingerprint density at radius 2 is 1.15 bits per heavy atom. The smallest absolute Gasteiger partial charge is 0.303 e. The number of amides is 8. The minimum absolute atomic E-state index is 0.107. The molecule has 0 radical (unpaired) electrons. The minimum atomic E-state index is -1.50. The van der Waals surface area contributed by atoms with Gasteiger partial charge < -0.3 is 57.9 Å². The molecule has 2 rings (SSSR count). The molecule has 0 aromatic heterocycles. The first kappa shape index (κ1) is 50.1. The normalized spacial score (nSPS) is 19.1. The summed E-state index contributed by atoms with van der Waals surface area (Å²) in [4.78, 5) is 153. The number of rotatable bonds is 25. The predicted octanol–water partition coefficient (Wildman–Crippen LogP) is -3.80. The highest BCUT2D eigenvalue weighted by Gasteiger charge is 2.44. The zero-order valence-corrected chi connectivity index (χ0v) is 33.8. The Balaban J connectivity index is 2.10. The number of likely N-dealkylation sites (tertiary alicyclic amines) is 2. The Bertz CT molecular complexity index is 1670. The van der Waals surface area contributed by atoms with Crippen molar-refractivity contribution in [1.29, 1.82) is 0 Å². The number of hydrogen-bond acceptors (Lipinski definition) is 13. The number of aliphatic hydroxyl groups excluding tert-OH is 1. The van der Waals surface area contributed by atoms with Crippen molar-refractivity contribution in [2.75, 3.05) is 19.7 Å². The number of nitrogens with two attached hydrogens (primary N) is 2. The van der Waals surface area contributed by atoms with Crippen LogP contribution in [0.4, 0.5) is 0 Å². The van der Waals surface area contributed by atoms with E-state index in [2.05, 4.69) is 21.3 Å². The van der Waals surface area contributed by atoms with E-state index < -0.39 is 164 Å². The Morgan fingerprint density at radius 1 is 0.633 bits per heavy atom. The highest BCUT2D eigenvalue weighted by molar-refractivity contribution is 5.98. The third-order valence-electron chi connectivity index (χ3n) is 10.2. The van der Waals surface area contributed by atoms with Gasteiger partial charge in [0.25, 0.3) is 0 Å². The van der Waals surface area contributed by atoms with Gasteiger partial charge in [-0.05, 0) is 38.5 Å². The fourth-order valence-corrected chi connectivity index (χ4v) is 7.00. The first-order chi connectivity index (χ1) is 28.1. The second-order valence-electron chi connectivity index (χ2n) is 15.1. The number of ketones is 2. The zero-order chi connectivity index (χ0) is 45.4. The number of Topliss-reactive ketones (excluding diaryl/α,β-unsaturated/α-hetero) is 2. The van der Waals surface area contributed by atoms with Crippen molar-refractivity contribution in [3.63, 3.8) is 0 Å². The number of carboxylic acids is 2. The van der Waals surface area contributed by atoms with Crippen LogP contribution >= 0.6 is 0 Å². The molecule has 2 aliphatic rings. The van der Waals surface area contributed by atoms with E-state index in [1.54, 1.807) is 0 Å². The van der Waals surface area contributed by atoms with Crippen molar-refractivity contribution in [2.45, 2.75) is 128 Å². The van der Waals surface area contributed by atoms with Gasteiger partial charge in [-0.3, -0.25) is 57.5 Å². The Kier molecular flexibility index (Phi) is 19.7. The van der Waals surface area contributed by atoms with E-state index in [1.807, 2.05) is 0 Å². The second-order valence-corrected chi connectivity index (χ2v) is 15.1. The summed E-state index contributed by atoms with van der Waals surface area (Å²) < 4.78 is 0. The van der Waals surface area contributed by atoms with Crippen LogP contribution in [0.25, 0.3) is 0 Å².